The Morgan fingerprint density at radius 1 is 0.320 bits per heavy atom. The van der Waals surface area contributed by atoms with Crippen molar-refractivity contribution < 1.29 is 0 Å². The number of unbranched alkanes of at least 4 members (excludes halogenated alkanes) is 40. The fourth-order valence-corrected chi connectivity index (χ4v) is 24.3. The van der Waals surface area contributed by atoms with Crippen LogP contribution in [0.4, 0.5) is 0 Å². The van der Waals surface area contributed by atoms with Crippen molar-refractivity contribution >= 4 is 74.6 Å². The topological polar surface area (TPSA) is 44.0 Å². The third-order valence-electron chi connectivity index (χ3n) is 22.5. The summed E-state index contributed by atoms with van der Waals surface area (Å²) in [4.78, 5) is 37.4. The molecule has 0 aliphatic rings. The predicted octanol–water partition coefficient (Wildman–Crippen LogP) is 30.2. The van der Waals surface area contributed by atoms with E-state index in [-0.39, 0.29) is 11.1 Å². The number of hydrogen-bond acceptors (Lipinski definition) is 4. The van der Waals surface area contributed by atoms with Crippen LogP contribution in [0.1, 0.15) is 408 Å². The van der Waals surface area contributed by atoms with Gasteiger partial charge in [0.05, 0.1) is 0 Å². The Balaban J connectivity index is 1.32. The van der Waals surface area contributed by atoms with Gasteiger partial charge in [0.25, 0.3) is 0 Å². The minimum absolute atomic E-state index is 0.169. The fourth-order valence-electron chi connectivity index (χ4n) is 16.0. The molecule has 0 aliphatic heterocycles. The van der Waals surface area contributed by atoms with Crippen LogP contribution < -0.4 is 11.1 Å². The van der Waals surface area contributed by atoms with E-state index in [0.717, 1.165) is 66.1 Å². The molecule has 0 aliphatic carbocycles. The first kappa shape index (κ1) is 87.0. The van der Waals surface area contributed by atoms with E-state index in [4.69, 9.17) is 0 Å². The molecule has 8 heteroatoms. The molecule has 0 radical (unpaired) electrons. The van der Waals surface area contributed by atoms with Crippen molar-refractivity contribution in [3.05, 3.63) is 88.8 Å². The molecule has 0 spiro atoms. The van der Waals surface area contributed by atoms with Crippen LogP contribution in [-0.4, -0.2) is 50.0 Å². The molecule has 100 heavy (non-hydrogen) atoms. The number of fused-ring (bicyclic) bond motifs is 1. The van der Waals surface area contributed by atoms with Crippen molar-refractivity contribution in [1.82, 2.24) is 9.13 Å². The van der Waals surface area contributed by atoms with Gasteiger partial charge in [0.1, 0.15) is 0 Å². The van der Waals surface area contributed by atoms with Crippen LogP contribution in [0.3, 0.4) is 0 Å². The number of rotatable bonds is 64. The third kappa shape index (κ3) is 33.1. The molecule has 0 aromatic carbocycles. The zero-order chi connectivity index (χ0) is 71.0. The molecule has 564 valence electrons. The van der Waals surface area contributed by atoms with E-state index >= 15 is 9.59 Å². The van der Waals surface area contributed by atoms with Gasteiger partial charge in [-0.15, -0.1) is 0 Å². The van der Waals surface area contributed by atoms with E-state index in [0.29, 0.717) is 13.1 Å². The summed E-state index contributed by atoms with van der Waals surface area (Å²) in [7, 11) is 0. The Labute approximate surface area is 643 Å². The summed E-state index contributed by atoms with van der Waals surface area (Å²) < 4.78 is 9.83. The molecule has 6 aromatic rings. The van der Waals surface area contributed by atoms with E-state index in [2.05, 4.69) is 113 Å². The van der Waals surface area contributed by atoms with Gasteiger partial charge in [-0.2, -0.15) is 0 Å². The zero-order valence-corrected chi connectivity index (χ0v) is 72.4. The van der Waals surface area contributed by atoms with Crippen molar-refractivity contribution in [2.45, 2.75) is 428 Å². The number of pyridine rings is 2. The van der Waals surface area contributed by atoms with E-state index < -0.39 is 40.9 Å². The zero-order valence-electron chi connectivity index (χ0n) is 66.1. The monoisotopic (exact) mass is 1640 g/mol. The van der Waals surface area contributed by atoms with E-state index in [1.807, 2.05) is 22.7 Å². The Kier molecular flexibility index (Phi) is 47.5. The molecule has 0 fully saturated rings. The van der Waals surface area contributed by atoms with Crippen LogP contribution in [0, 0.1) is 25.7 Å². The molecule has 6 aromatic heterocycles. The summed E-state index contributed by atoms with van der Waals surface area (Å²) in [5, 5.41) is 0. The van der Waals surface area contributed by atoms with Crippen LogP contribution in [0.5, 0.6) is 0 Å². The van der Waals surface area contributed by atoms with Gasteiger partial charge < -0.3 is 0 Å². The van der Waals surface area contributed by atoms with Gasteiger partial charge in [-0.05, 0) is 0 Å². The molecular formula is C92H150N2O2S2Te2. The Hall–Kier alpha value is -1.90. The van der Waals surface area contributed by atoms with Gasteiger partial charge in [-0.3, -0.25) is 0 Å². The first-order valence-electron chi connectivity index (χ1n) is 43.3. The average molecular weight is 1640 g/mol. The van der Waals surface area contributed by atoms with Crippen molar-refractivity contribution in [2.75, 3.05) is 0 Å². The summed E-state index contributed by atoms with van der Waals surface area (Å²) in [5.74, 6) is 1.54. The first-order valence-corrected chi connectivity index (χ1v) is 49.6. The summed E-state index contributed by atoms with van der Waals surface area (Å²) in [5.41, 5.74) is 7.12. The minimum atomic E-state index is -0.915. The van der Waals surface area contributed by atoms with Gasteiger partial charge in [0.15, 0.2) is 0 Å². The van der Waals surface area contributed by atoms with Gasteiger partial charge in [0.2, 0.25) is 0 Å². The van der Waals surface area contributed by atoms with Crippen LogP contribution in [-0.2, 0) is 25.9 Å². The molecule has 0 bridgehead atoms. The van der Waals surface area contributed by atoms with E-state index in [9.17, 15) is 0 Å². The average Bonchev–Trinajstić information content (AvgIpc) is 1.08. The van der Waals surface area contributed by atoms with Crippen LogP contribution in [0.2, 0.25) is 0 Å². The Morgan fingerprint density at radius 2 is 0.620 bits per heavy atom. The second kappa shape index (κ2) is 54.6. The van der Waals surface area contributed by atoms with E-state index in [1.165, 1.54) is 367 Å². The number of thiophene rings is 2. The van der Waals surface area contributed by atoms with Gasteiger partial charge in [-0.1, -0.05) is 214 Å². The molecule has 0 saturated heterocycles. The smallest absolute Gasteiger partial charge is 0.0654 e. The predicted molar refractivity (Wildman–Crippen MR) is 451 cm³/mol. The number of hydrogen-bond donors (Lipinski definition) is 0. The Morgan fingerprint density at radius 3 is 0.990 bits per heavy atom. The molecular weight excluding hydrogens is 1480 g/mol. The molecule has 0 saturated carbocycles. The van der Waals surface area contributed by atoms with E-state index in [1.54, 1.807) is 5.56 Å². The van der Waals surface area contributed by atoms with Crippen LogP contribution in [0.25, 0.3) is 47.5 Å². The SMILES string of the molecule is CCCCCCCCCCCCC(CCCCCCCCCC)CCCCn1c(=O)c(-c2ccc(C)[te]2)cc2c1cc(-c1ccc(-c3sc(-c4cc(CCCCCC)c(C)s4)cc3CCCCCC)[te]1)c(=O)n2CCCCC(CCCCCCCCCC)CCCCCCCCCCCC. The van der Waals surface area contributed by atoms with Gasteiger partial charge in [-0.25, -0.2) is 0 Å². The number of aryl methyl sites for hydroxylation is 6. The molecule has 6 heterocycles. The van der Waals surface area contributed by atoms with Crippen molar-refractivity contribution in [3.8, 4) is 36.5 Å². The summed E-state index contributed by atoms with van der Waals surface area (Å²) in [6.45, 7) is 20.0. The maximum absolute atomic E-state index is 16.0. The number of aromatic nitrogens is 2. The molecule has 6 rings (SSSR count). The summed E-state index contributed by atoms with van der Waals surface area (Å²) in [6, 6.07) is 18.9. The molecule has 2 atom stereocenters. The third-order valence-corrected chi connectivity index (χ3v) is 31.6. The van der Waals surface area contributed by atoms with Gasteiger partial charge >= 0.3 is 435 Å². The fraction of sp³-hybridized carbons (Fsp3) is 0.739. The maximum atomic E-state index is 16.0. The molecule has 0 N–H and O–H groups in total. The number of nitrogens with zero attached hydrogens (tertiary/aromatic N) is 2. The van der Waals surface area contributed by atoms with Crippen molar-refractivity contribution in [3.63, 3.8) is 0 Å². The molecule has 0 amide bonds. The molecule has 2 unspecified atom stereocenters. The van der Waals surface area contributed by atoms with Crippen LogP contribution >= 0.6 is 22.7 Å². The molecule has 4 nitrogen and oxygen atoms in total. The second-order valence-electron chi connectivity index (χ2n) is 31.3. The summed E-state index contributed by atoms with van der Waals surface area (Å²) in [6.07, 6.45) is 74.8. The van der Waals surface area contributed by atoms with Crippen LogP contribution in [0.15, 0.2) is 58.1 Å². The quantitative estimate of drug-likeness (QED) is 0.0282. The normalized spacial score (nSPS) is 12.5. The second-order valence-corrected chi connectivity index (χ2v) is 40.4. The first-order chi connectivity index (χ1) is 49.1. The van der Waals surface area contributed by atoms with Gasteiger partial charge in [0, 0.05) is 0 Å². The van der Waals surface area contributed by atoms with Crippen molar-refractivity contribution in [1.29, 1.82) is 0 Å². The standard InChI is InChI=1S/C92H150N2O2S2Te2/c1-9-15-21-27-31-35-37-41-45-49-59-77(57-47-43-39-33-29-23-17-11-3)61-53-55-69-93-84-74-82(88-67-68-89(100-88)90-80(64-52-26-20-14-6)72-86(98-90)85-71-79(76(8)97-85)63-51-25-19-13-5)92(96)94(83(84)73-81(91(93)95)87-66-65-75(7)99-87)70-56-54-62-78(58-48-44-40-34-30-24-18-12-4)60-50-46-42-38-36-32-28-22-16-10-2/h65-68,71-74,77-78H,9-64,69-70H2,1-8H3. The summed E-state index contributed by atoms with van der Waals surface area (Å²) >= 11 is 2.46. The Bertz CT molecular complexity index is 3150. The van der Waals surface area contributed by atoms with Crippen molar-refractivity contribution in [2.24, 2.45) is 11.8 Å². The minimum Gasteiger partial charge on any atom is -0.0654 e.